The highest BCUT2D eigenvalue weighted by Gasteiger charge is 2.48. The first-order valence-corrected chi connectivity index (χ1v) is 8.38. The number of ether oxygens (including phenoxy) is 3. The molecule has 1 fully saturated rings. The Labute approximate surface area is 148 Å². The lowest BCUT2D eigenvalue weighted by molar-refractivity contribution is -0.321. The number of carbonyl (C=O) groups is 1. The Bertz CT molecular complexity index is 486. The number of aliphatic hydroxyl groups excluding tert-OH is 3. The van der Waals surface area contributed by atoms with E-state index >= 15 is 0 Å². The Kier molecular flexibility index (Phi) is 8.24. The average Bonchev–Trinajstić information content (AvgIpc) is 2.53. The van der Waals surface area contributed by atoms with E-state index in [1.54, 1.807) is 13.0 Å². The van der Waals surface area contributed by atoms with E-state index in [1.807, 2.05) is 13.8 Å². The molecule has 3 N–H and O–H groups in total. The van der Waals surface area contributed by atoms with Crippen molar-refractivity contribution in [2.45, 2.75) is 76.8 Å². The van der Waals surface area contributed by atoms with Crippen molar-refractivity contribution in [3.63, 3.8) is 0 Å². The van der Waals surface area contributed by atoms with Gasteiger partial charge in [0.1, 0.15) is 18.3 Å². The number of aliphatic hydroxyl groups is 3. The van der Waals surface area contributed by atoms with Gasteiger partial charge in [0.05, 0.1) is 12.2 Å². The van der Waals surface area contributed by atoms with Crippen molar-refractivity contribution in [3.8, 4) is 0 Å². The molecular weight excluding hydrogens is 328 g/mol. The summed E-state index contributed by atoms with van der Waals surface area (Å²) < 4.78 is 16.6. The molecule has 0 aliphatic carbocycles. The van der Waals surface area contributed by atoms with Gasteiger partial charge in [0, 0.05) is 6.92 Å². The van der Waals surface area contributed by atoms with Crippen molar-refractivity contribution in [2.24, 2.45) is 0 Å². The largest absolute Gasteiger partial charge is 0.454 e. The van der Waals surface area contributed by atoms with Gasteiger partial charge in [-0.15, -0.1) is 6.58 Å². The molecule has 7 nitrogen and oxygen atoms in total. The average molecular weight is 358 g/mol. The van der Waals surface area contributed by atoms with Crippen LogP contribution in [0.4, 0.5) is 0 Å². The molecule has 6 unspecified atom stereocenters. The Balaban J connectivity index is 2.95. The zero-order chi connectivity index (χ0) is 19.2. The Morgan fingerprint density at radius 2 is 1.92 bits per heavy atom. The summed E-state index contributed by atoms with van der Waals surface area (Å²) in [5.41, 5.74) is 0.369. The van der Waals surface area contributed by atoms with Crippen LogP contribution in [-0.2, 0) is 19.0 Å². The molecule has 1 aliphatic heterocycles. The number of rotatable bonds is 8. The lowest BCUT2D eigenvalue weighted by Crippen LogP contribution is -2.61. The first kappa shape index (κ1) is 21.8. The summed E-state index contributed by atoms with van der Waals surface area (Å²) in [5, 5.41) is 29.6. The quantitative estimate of drug-likeness (QED) is 0.440. The molecule has 0 aromatic heterocycles. The van der Waals surface area contributed by atoms with E-state index in [0.717, 1.165) is 6.42 Å². The lowest BCUT2D eigenvalue weighted by atomic mass is 9.96. The van der Waals surface area contributed by atoms with Gasteiger partial charge in [0.15, 0.2) is 12.4 Å². The van der Waals surface area contributed by atoms with Crippen molar-refractivity contribution in [1.82, 2.24) is 0 Å². The van der Waals surface area contributed by atoms with Crippen LogP contribution in [0.25, 0.3) is 0 Å². The Morgan fingerprint density at radius 3 is 2.40 bits per heavy atom. The van der Waals surface area contributed by atoms with E-state index in [2.05, 4.69) is 12.7 Å². The highest BCUT2D eigenvalue weighted by molar-refractivity contribution is 5.66. The number of carbonyl (C=O) groups excluding carboxylic acids is 1. The minimum Gasteiger partial charge on any atom is -0.454 e. The molecule has 0 spiro atoms. The maximum Gasteiger partial charge on any atom is 0.303 e. The van der Waals surface area contributed by atoms with Crippen LogP contribution < -0.4 is 0 Å². The van der Waals surface area contributed by atoms with Gasteiger partial charge in [-0.25, -0.2) is 0 Å². The maximum atomic E-state index is 11.3. The van der Waals surface area contributed by atoms with E-state index < -0.39 is 48.9 Å². The van der Waals surface area contributed by atoms with Gasteiger partial charge >= 0.3 is 5.97 Å². The van der Waals surface area contributed by atoms with Crippen molar-refractivity contribution in [3.05, 3.63) is 24.3 Å². The molecule has 0 radical (unpaired) electrons. The molecule has 0 bridgehead atoms. The van der Waals surface area contributed by atoms with Crippen LogP contribution in [0.15, 0.2) is 24.3 Å². The summed E-state index contributed by atoms with van der Waals surface area (Å²) in [6.45, 7) is 10.3. The van der Waals surface area contributed by atoms with Gasteiger partial charge in [0.25, 0.3) is 0 Å². The lowest BCUT2D eigenvalue weighted by Gasteiger charge is -2.44. The fourth-order valence-electron chi connectivity index (χ4n) is 2.59. The molecule has 0 saturated carbocycles. The van der Waals surface area contributed by atoms with Gasteiger partial charge in [0.2, 0.25) is 0 Å². The minimum absolute atomic E-state index is 0.506. The number of allylic oxidation sites excluding steroid dienone is 2. The Morgan fingerprint density at radius 1 is 1.28 bits per heavy atom. The van der Waals surface area contributed by atoms with Crippen LogP contribution in [0.5, 0.6) is 0 Å². The second-order valence-electron chi connectivity index (χ2n) is 6.74. The summed E-state index contributed by atoms with van der Waals surface area (Å²) in [4.78, 5) is 11.3. The van der Waals surface area contributed by atoms with E-state index in [1.165, 1.54) is 12.5 Å². The van der Waals surface area contributed by atoms with E-state index in [-0.39, 0.29) is 0 Å². The van der Waals surface area contributed by atoms with Gasteiger partial charge in [-0.2, -0.15) is 0 Å². The maximum absolute atomic E-state index is 11.3. The first-order chi connectivity index (χ1) is 11.6. The van der Waals surface area contributed by atoms with Crippen LogP contribution in [0.3, 0.4) is 0 Å². The normalized spacial score (nSPS) is 31.7. The third-order valence-corrected chi connectivity index (χ3v) is 4.14. The molecule has 0 aromatic carbocycles. The van der Waals surface area contributed by atoms with E-state index in [4.69, 9.17) is 14.2 Å². The third-order valence-electron chi connectivity index (χ3n) is 4.14. The molecule has 0 amide bonds. The summed E-state index contributed by atoms with van der Waals surface area (Å²) in [5.74, 6) is -0.638. The molecule has 1 heterocycles. The van der Waals surface area contributed by atoms with Crippen LogP contribution in [0.1, 0.15) is 40.5 Å². The van der Waals surface area contributed by atoms with Gasteiger partial charge in [-0.3, -0.25) is 4.79 Å². The number of hydrogen-bond acceptors (Lipinski definition) is 7. The van der Waals surface area contributed by atoms with Crippen molar-refractivity contribution >= 4 is 5.97 Å². The highest BCUT2D eigenvalue weighted by Crippen LogP contribution is 2.30. The molecule has 1 aliphatic rings. The third kappa shape index (κ3) is 6.20. The topological polar surface area (TPSA) is 105 Å². The SMILES string of the molecule is C=CC(C)(CCC=C(C)C)OC1OC(CO)C(O)C(O)C1OC(C)=O. The predicted octanol–water partition coefficient (Wildman–Crippen LogP) is 1.06. The predicted molar refractivity (Wildman–Crippen MR) is 91.7 cm³/mol. The molecule has 1 rings (SSSR count). The molecule has 7 heteroatoms. The highest BCUT2D eigenvalue weighted by atomic mass is 16.7. The van der Waals surface area contributed by atoms with Crippen LogP contribution in [-0.4, -0.2) is 64.2 Å². The summed E-state index contributed by atoms with van der Waals surface area (Å²) >= 11 is 0. The molecule has 1 saturated heterocycles. The fourth-order valence-corrected chi connectivity index (χ4v) is 2.59. The van der Waals surface area contributed by atoms with Crippen molar-refractivity contribution in [2.75, 3.05) is 6.61 Å². The monoisotopic (exact) mass is 358 g/mol. The van der Waals surface area contributed by atoms with Crippen molar-refractivity contribution < 1.29 is 34.3 Å². The smallest absolute Gasteiger partial charge is 0.303 e. The zero-order valence-electron chi connectivity index (χ0n) is 15.3. The minimum atomic E-state index is -1.44. The fraction of sp³-hybridized carbons (Fsp3) is 0.722. The van der Waals surface area contributed by atoms with Crippen LogP contribution >= 0.6 is 0 Å². The molecule has 144 valence electrons. The van der Waals surface area contributed by atoms with E-state index in [0.29, 0.717) is 6.42 Å². The number of hydrogen-bond donors (Lipinski definition) is 3. The standard InChI is InChI=1S/C18H30O7/c1-6-18(5,9-7-8-11(2)3)25-17-16(23-12(4)20)15(22)14(21)13(10-19)24-17/h6,8,13-17,19,21-22H,1,7,9-10H2,2-5H3. The zero-order valence-corrected chi connectivity index (χ0v) is 15.3. The summed E-state index contributed by atoms with van der Waals surface area (Å²) in [6.07, 6.45) is -1.22. The molecule has 25 heavy (non-hydrogen) atoms. The van der Waals surface area contributed by atoms with Gasteiger partial charge in [-0.05, 0) is 33.6 Å². The second-order valence-corrected chi connectivity index (χ2v) is 6.74. The second kappa shape index (κ2) is 9.45. The van der Waals surface area contributed by atoms with Gasteiger partial charge < -0.3 is 29.5 Å². The summed E-state index contributed by atoms with van der Waals surface area (Å²) in [7, 11) is 0. The first-order valence-electron chi connectivity index (χ1n) is 8.38. The number of esters is 1. The van der Waals surface area contributed by atoms with Gasteiger partial charge in [-0.1, -0.05) is 17.7 Å². The van der Waals surface area contributed by atoms with Crippen LogP contribution in [0, 0.1) is 0 Å². The Hall–Kier alpha value is -1.25. The summed E-state index contributed by atoms with van der Waals surface area (Å²) in [6, 6.07) is 0. The van der Waals surface area contributed by atoms with E-state index in [9.17, 15) is 20.1 Å². The molecule has 6 atom stereocenters. The van der Waals surface area contributed by atoms with Crippen LogP contribution in [0.2, 0.25) is 0 Å². The molecule has 0 aromatic rings. The molecular formula is C18H30O7. The van der Waals surface area contributed by atoms with Crippen molar-refractivity contribution in [1.29, 1.82) is 0 Å².